The van der Waals surface area contributed by atoms with Crippen LogP contribution >= 0.6 is 0 Å². The van der Waals surface area contributed by atoms with Crippen LogP contribution in [0.2, 0.25) is 0 Å². The summed E-state index contributed by atoms with van der Waals surface area (Å²) in [5.41, 5.74) is 9.21. The molecule has 0 saturated heterocycles. The Balaban J connectivity index is 3.25. The summed E-state index contributed by atoms with van der Waals surface area (Å²) in [5.74, 6) is 0.893. The van der Waals surface area contributed by atoms with Crippen molar-refractivity contribution in [1.82, 2.24) is 4.90 Å². The van der Waals surface area contributed by atoms with Gasteiger partial charge in [0.15, 0.2) is 0 Å². The first-order valence-electron chi connectivity index (χ1n) is 8.15. The molecule has 1 aromatic rings. The lowest BCUT2D eigenvalue weighted by atomic mass is 9.78. The molecule has 0 saturated carbocycles. The topological polar surface area (TPSA) is 38.5 Å². The van der Waals surface area contributed by atoms with Gasteiger partial charge in [-0.25, -0.2) is 0 Å². The van der Waals surface area contributed by atoms with Crippen LogP contribution in [-0.4, -0.2) is 30.6 Å². The highest BCUT2D eigenvalue weighted by molar-refractivity contribution is 5.38. The second kappa shape index (κ2) is 7.81. The Bertz CT molecular complexity index is 437. The number of ether oxygens (including phenoxy) is 1. The summed E-state index contributed by atoms with van der Waals surface area (Å²) in [6.07, 6.45) is 2.11. The summed E-state index contributed by atoms with van der Waals surface area (Å²) in [6, 6.07) is 6.23. The number of benzene rings is 1. The van der Waals surface area contributed by atoms with E-state index in [-0.39, 0.29) is 11.6 Å². The lowest BCUT2D eigenvalue weighted by Gasteiger charge is -2.47. The van der Waals surface area contributed by atoms with Gasteiger partial charge in [0.25, 0.3) is 0 Å². The van der Waals surface area contributed by atoms with E-state index in [0.29, 0.717) is 0 Å². The molecule has 1 unspecified atom stereocenters. The van der Waals surface area contributed by atoms with Crippen LogP contribution in [0.4, 0.5) is 0 Å². The Kier molecular flexibility index (Phi) is 6.69. The van der Waals surface area contributed by atoms with E-state index >= 15 is 0 Å². The number of rotatable bonds is 8. The molecule has 1 atom stereocenters. The molecule has 0 heterocycles. The number of methoxy groups -OCH3 is 1. The highest BCUT2D eigenvalue weighted by atomic mass is 16.5. The number of aryl methyl sites for hydroxylation is 1. The molecule has 1 aromatic carbocycles. The van der Waals surface area contributed by atoms with E-state index in [1.54, 1.807) is 7.11 Å². The normalized spacial score (nSPS) is 13.5. The summed E-state index contributed by atoms with van der Waals surface area (Å²) >= 11 is 0. The molecule has 0 amide bonds. The molecule has 0 aliphatic heterocycles. The summed E-state index contributed by atoms with van der Waals surface area (Å²) < 4.78 is 5.31. The van der Waals surface area contributed by atoms with Crippen molar-refractivity contribution in [3.63, 3.8) is 0 Å². The molecule has 0 aromatic heterocycles. The zero-order valence-electron chi connectivity index (χ0n) is 14.6. The predicted molar refractivity (Wildman–Crippen MR) is 90.9 cm³/mol. The van der Waals surface area contributed by atoms with Crippen molar-refractivity contribution in [3.8, 4) is 5.75 Å². The third-order valence-electron chi connectivity index (χ3n) is 5.01. The van der Waals surface area contributed by atoms with E-state index in [1.807, 2.05) is 6.07 Å². The van der Waals surface area contributed by atoms with E-state index in [0.717, 1.165) is 31.7 Å². The van der Waals surface area contributed by atoms with E-state index in [2.05, 4.69) is 51.7 Å². The fourth-order valence-electron chi connectivity index (χ4n) is 3.60. The Morgan fingerprint density at radius 2 is 1.71 bits per heavy atom. The monoisotopic (exact) mass is 292 g/mol. The number of nitrogens with zero attached hydrogens (tertiary/aromatic N) is 1. The molecule has 0 fully saturated rings. The first-order valence-corrected chi connectivity index (χ1v) is 8.15. The quantitative estimate of drug-likeness (QED) is 0.789. The molecule has 2 N–H and O–H groups in total. The van der Waals surface area contributed by atoms with Gasteiger partial charge in [0.05, 0.1) is 7.11 Å². The summed E-state index contributed by atoms with van der Waals surface area (Å²) in [4.78, 5) is 2.52. The third-order valence-corrected chi connectivity index (χ3v) is 5.01. The number of hydrogen-bond donors (Lipinski definition) is 1. The highest BCUT2D eigenvalue weighted by Gasteiger charge is 2.39. The minimum atomic E-state index is 0.0123. The van der Waals surface area contributed by atoms with Crippen LogP contribution in [0.5, 0.6) is 5.75 Å². The summed E-state index contributed by atoms with van der Waals surface area (Å²) in [6.45, 7) is 13.1. The molecule has 21 heavy (non-hydrogen) atoms. The largest absolute Gasteiger partial charge is 0.497 e. The van der Waals surface area contributed by atoms with Gasteiger partial charge in [0.1, 0.15) is 5.75 Å². The van der Waals surface area contributed by atoms with Crippen LogP contribution in [0.3, 0.4) is 0 Å². The fraction of sp³-hybridized carbons (Fsp3) is 0.667. The lowest BCUT2D eigenvalue weighted by molar-refractivity contribution is 0.0623. The highest BCUT2D eigenvalue weighted by Crippen LogP contribution is 2.37. The molecule has 0 aliphatic rings. The summed E-state index contributed by atoms with van der Waals surface area (Å²) in [5, 5.41) is 0. The molecule has 0 bridgehead atoms. The second-order valence-electron chi connectivity index (χ2n) is 5.68. The fourth-order valence-corrected chi connectivity index (χ4v) is 3.60. The van der Waals surface area contributed by atoms with Crippen molar-refractivity contribution >= 4 is 0 Å². The molecule has 3 heteroatoms. The van der Waals surface area contributed by atoms with Crippen molar-refractivity contribution in [2.75, 3.05) is 20.2 Å². The first-order chi connectivity index (χ1) is 10.00. The first kappa shape index (κ1) is 18.0. The minimum Gasteiger partial charge on any atom is -0.497 e. The van der Waals surface area contributed by atoms with E-state index in [9.17, 15) is 0 Å². The smallest absolute Gasteiger partial charge is 0.119 e. The molecule has 0 spiro atoms. The van der Waals surface area contributed by atoms with Crippen LogP contribution in [0.15, 0.2) is 18.2 Å². The SMILES string of the molecule is CCN(CC)C(CC)(CC)C(N)c1ccc(OC)cc1C. The van der Waals surface area contributed by atoms with Gasteiger partial charge in [-0.1, -0.05) is 33.8 Å². The maximum absolute atomic E-state index is 6.76. The zero-order valence-corrected chi connectivity index (χ0v) is 14.6. The van der Waals surface area contributed by atoms with Gasteiger partial charge in [-0.2, -0.15) is 0 Å². The Morgan fingerprint density at radius 3 is 2.10 bits per heavy atom. The molecule has 120 valence electrons. The van der Waals surface area contributed by atoms with Gasteiger partial charge in [0, 0.05) is 11.6 Å². The minimum absolute atomic E-state index is 0.0123. The average molecular weight is 292 g/mol. The second-order valence-corrected chi connectivity index (χ2v) is 5.68. The van der Waals surface area contributed by atoms with E-state index < -0.39 is 0 Å². The van der Waals surface area contributed by atoms with Gasteiger partial charge in [0.2, 0.25) is 0 Å². The standard InChI is InChI=1S/C18H32N2O/c1-7-18(8-2,20(9-3)10-4)17(19)16-12-11-15(21-6)13-14(16)5/h11-13,17H,7-10,19H2,1-6H3. The molecule has 0 radical (unpaired) electrons. The van der Waals surface area contributed by atoms with Crippen molar-refractivity contribution in [2.45, 2.75) is 59.0 Å². The lowest BCUT2D eigenvalue weighted by Crippen LogP contribution is -2.55. The third kappa shape index (κ3) is 3.41. The summed E-state index contributed by atoms with van der Waals surface area (Å²) in [7, 11) is 1.70. The van der Waals surface area contributed by atoms with Crippen LogP contribution in [0, 0.1) is 6.92 Å². The van der Waals surface area contributed by atoms with Crippen molar-refractivity contribution in [1.29, 1.82) is 0 Å². The van der Waals surface area contributed by atoms with Gasteiger partial charge in [-0.15, -0.1) is 0 Å². The van der Waals surface area contributed by atoms with Crippen LogP contribution in [-0.2, 0) is 0 Å². The van der Waals surface area contributed by atoms with E-state index in [1.165, 1.54) is 11.1 Å². The Morgan fingerprint density at radius 1 is 1.14 bits per heavy atom. The maximum atomic E-state index is 6.76. The average Bonchev–Trinajstić information content (AvgIpc) is 2.51. The predicted octanol–water partition coefficient (Wildman–Crippen LogP) is 3.90. The number of nitrogens with two attached hydrogens (primary N) is 1. The van der Waals surface area contributed by atoms with E-state index in [4.69, 9.17) is 10.5 Å². The number of hydrogen-bond acceptors (Lipinski definition) is 3. The maximum Gasteiger partial charge on any atom is 0.119 e. The molecular formula is C18H32N2O. The van der Waals surface area contributed by atoms with Crippen LogP contribution in [0.1, 0.15) is 57.7 Å². The number of likely N-dealkylation sites (N-methyl/N-ethyl adjacent to an activating group) is 1. The zero-order chi connectivity index (χ0) is 16.0. The van der Waals surface area contributed by atoms with Gasteiger partial charge < -0.3 is 10.5 Å². The Hall–Kier alpha value is -1.06. The van der Waals surface area contributed by atoms with Crippen molar-refractivity contribution in [2.24, 2.45) is 5.73 Å². The Labute approximate surface area is 130 Å². The van der Waals surface area contributed by atoms with Gasteiger partial charge in [-0.05, 0) is 56.1 Å². The van der Waals surface area contributed by atoms with Gasteiger partial charge >= 0.3 is 0 Å². The van der Waals surface area contributed by atoms with Crippen LogP contribution < -0.4 is 10.5 Å². The van der Waals surface area contributed by atoms with Gasteiger partial charge in [-0.3, -0.25) is 4.90 Å². The molecule has 1 rings (SSSR count). The molecule has 0 aliphatic carbocycles. The van der Waals surface area contributed by atoms with Crippen LogP contribution in [0.25, 0.3) is 0 Å². The van der Waals surface area contributed by atoms with Crippen molar-refractivity contribution < 1.29 is 4.74 Å². The molecular weight excluding hydrogens is 260 g/mol. The van der Waals surface area contributed by atoms with Crippen molar-refractivity contribution in [3.05, 3.63) is 29.3 Å². The molecule has 3 nitrogen and oxygen atoms in total.